The van der Waals surface area contributed by atoms with Gasteiger partial charge >= 0.3 is 0 Å². The lowest BCUT2D eigenvalue weighted by atomic mass is 10.1. The van der Waals surface area contributed by atoms with Crippen LogP contribution in [-0.4, -0.2) is 11.1 Å². The van der Waals surface area contributed by atoms with Crippen molar-refractivity contribution in [3.63, 3.8) is 0 Å². The molecule has 2 N–H and O–H groups in total. The van der Waals surface area contributed by atoms with Crippen LogP contribution in [-0.2, 0) is 6.54 Å². The highest BCUT2D eigenvalue weighted by Gasteiger charge is 2.05. The van der Waals surface area contributed by atoms with Gasteiger partial charge in [0, 0.05) is 18.3 Å². The van der Waals surface area contributed by atoms with Crippen LogP contribution in [0.2, 0.25) is 0 Å². The van der Waals surface area contributed by atoms with Gasteiger partial charge in [0.2, 0.25) is 0 Å². The third-order valence-corrected chi connectivity index (χ3v) is 2.61. The number of pyridine rings is 1. The van der Waals surface area contributed by atoms with Crippen molar-refractivity contribution < 1.29 is 4.74 Å². The summed E-state index contributed by atoms with van der Waals surface area (Å²) in [6, 6.07) is 11.9. The zero-order chi connectivity index (χ0) is 13.0. The Balaban J connectivity index is 2.28. The monoisotopic (exact) mass is 242 g/mol. The van der Waals surface area contributed by atoms with E-state index in [1.165, 1.54) is 0 Å². The van der Waals surface area contributed by atoms with Crippen LogP contribution in [0.3, 0.4) is 0 Å². The maximum Gasteiger partial charge on any atom is 0.119 e. The number of ether oxygens (including phenoxy) is 1. The van der Waals surface area contributed by atoms with Gasteiger partial charge in [-0.2, -0.15) is 0 Å². The van der Waals surface area contributed by atoms with Crippen molar-refractivity contribution in [2.24, 2.45) is 5.73 Å². The molecule has 18 heavy (non-hydrogen) atoms. The molecule has 0 spiro atoms. The Morgan fingerprint density at radius 3 is 2.50 bits per heavy atom. The minimum absolute atomic E-state index is 0.185. The highest BCUT2D eigenvalue weighted by molar-refractivity contribution is 5.63. The molecule has 94 valence electrons. The molecule has 0 aliphatic carbocycles. The Morgan fingerprint density at radius 2 is 1.89 bits per heavy atom. The van der Waals surface area contributed by atoms with Gasteiger partial charge in [0.05, 0.1) is 11.8 Å². The zero-order valence-corrected chi connectivity index (χ0v) is 10.8. The summed E-state index contributed by atoms with van der Waals surface area (Å²) in [5.74, 6) is 0.874. The number of hydrogen-bond donors (Lipinski definition) is 1. The van der Waals surface area contributed by atoms with E-state index in [4.69, 9.17) is 10.5 Å². The number of aromatic nitrogens is 1. The van der Waals surface area contributed by atoms with Gasteiger partial charge in [-0.05, 0) is 49.7 Å². The van der Waals surface area contributed by atoms with E-state index in [-0.39, 0.29) is 6.10 Å². The van der Waals surface area contributed by atoms with E-state index in [0.29, 0.717) is 6.54 Å². The minimum atomic E-state index is 0.185. The molecule has 0 amide bonds. The lowest BCUT2D eigenvalue weighted by molar-refractivity contribution is 0.242. The third-order valence-electron chi connectivity index (χ3n) is 2.61. The number of nitrogens with two attached hydrogens (primary N) is 1. The number of benzene rings is 1. The molecular weight excluding hydrogens is 224 g/mol. The van der Waals surface area contributed by atoms with Crippen LogP contribution >= 0.6 is 0 Å². The highest BCUT2D eigenvalue weighted by atomic mass is 16.5. The predicted molar refractivity (Wildman–Crippen MR) is 73.3 cm³/mol. The summed E-state index contributed by atoms with van der Waals surface area (Å²) in [6.07, 6.45) is 1.97. The second-order valence-corrected chi connectivity index (χ2v) is 4.41. The molecule has 0 saturated carbocycles. The molecule has 3 nitrogen and oxygen atoms in total. The van der Waals surface area contributed by atoms with Crippen molar-refractivity contribution in [3.8, 4) is 17.0 Å². The van der Waals surface area contributed by atoms with Gasteiger partial charge in [0.1, 0.15) is 5.75 Å². The van der Waals surface area contributed by atoms with Gasteiger partial charge in [0.25, 0.3) is 0 Å². The van der Waals surface area contributed by atoms with E-state index in [0.717, 1.165) is 22.6 Å². The molecule has 1 heterocycles. The van der Waals surface area contributed by atoms with E-state index in [2.05, 4.69) is 4.98 Å². The molecule has 0 unspecified atom stereocenters. The summed E-state index contributed by atoms with van der Waals surface area (Å²) >= 11 is 0. The largest absolute Gasteiger partial charge is 0.491 e. The van der Waals surface area contributed by atoms with Crippen molar-refractivity contribution in [1.29, 1.82) is 0 Å². The van der Waals surface area contributed by atoms with Crippen molar-refractivity contribution in [2.45, 2.75) is 26.5 Å². The van der Waals surface area contributed by atoms with E-state index in [9.17, 15) is 0 Å². The summed E-state index contributed by atoms with van der Waals surface area (Å²) in [6.45, 7) is 4.52. The Morgan fingerprint density at radius 1 is 1.17 bits per heavy atom. The molecule has 0 atom stereocenters. The Labute approximate surface area is 108 Å². The van der Waals surface area contributed by atoms with Gasteiger partial charge in [0.15, 0.2) is 0 Å². The number of rotatable bonds is 4. The van der Waals surface area contributed by atoms with E-state index in [1.807, 2.05) is 50.2 Å². The second-order valence-electron chi connectivity index (χ2n) is 4.41. The van der Waals surface area contributed by atoms with Crippen LogP contribution in [0.15, 0.2) is 42.6 Å². The van der Waals surface area contributed by atoms with Crippen molar-refractivity contribution in [3.05, 3.63) is 48.2 Å². The molecule has 0 aliphatic rings. The molecule has 0 saturated heterocycles. The molecule has 0 fully saturated rings. The third kappa shape index (κ3) is 2.87. The molecule has 0 bridgehead atoms. The first-order valence-electron chi connectivity index (χ1n) is 6.11. The molecule has 0 aliphatic heterocycles. The van der Waals surface area contributed by atoms with Gasteiger partial charge in [-0.15, -0.1) is 0 Å². The lowest BCUT2D eigenvalue weighted by Crippen LogP contribution is -2.05. The van der Waals surface area contributed by atoms with Crippen LogP contribution in [0.4, 0.5) is 0 Å². The maximum atomic E-state index is 5.72. The van der Waals surface area contributed by atoms with Crippen LogP contribution in [0, 0.1) is 0 Å². The SMILES string of the molecule is CC(C)Oc1ccc(-c2ncccc2CN)cc1. The fraction of sp³-hybridized carbons (Fsp3) is 0.267. The molecule has 3 heteroatoms. The van der Waals surface area contributed by atoms with E-state index >= 15 is 0 Å². The van der Waals surface area contributed by atoms with Crippen LogP contribution < -0.4 is 10.5 Å². The van der Waals surface area contributed by atoms with E-state index in [1.54, 1.807) is 6.20 Å². The first-order valence-corrected chi connectivity index (χ1v) is 6.11. The Bertz CT molecular complexity index is 506. The molecule has 2 aromatic rings. The summed E-state index contributed by atoms with van der Waals surface area (Å²) in [5.41, 5.74) is 8.77. The van der Waals surface area contributed by atoms with E-state index < -0.39 is 0 Å². The number of hydrogen-bond acceptors (Lipinski definition) is 3. The van der Waals surface area contributed by atoms with Crippen LogP contribution in [0.25, 0.3) is 11.3 Å². The first kappa shape index (κ1) is 12.6. The average Bonchev–Trinajstić information content (AvgIpc) is 2.39. The topological polar surface area (TPSA) is 48.1 Å². The maximum absolute atomic E-state index is 5.72. The fourth-order valence-corrected chi connectivity index (χ4v) is 1.83. The van der Waals surface area contributed by atoms with Crippen LogP contribution in [0.5, 0.6) is 5.75 Å². The first-order chi connectivity index (χ1) is 8.70. The van der Waals surface area contributed by atoms with Gasteiger partial charge in [-0.1, -0.05) is 6.07 Å². The van der Waals surface area contributed by atoms with Gasteiger partial charge in [-0.3, -0.25) is 4.98 Å². The summed E-state index contributed by atoms with van der Waals surface area (Å²) in [7, 11) is 0. The highest BCUT2D eigenvalue weighted by Crippen LogP contribution is 2.23. The number of nitrogens with zero attached hydrogens (tertiary/aromatic N) is 1. The molecule has 1 aromatic carbocycles. The van der Waals surface area contributed by atoms with Crippen LogP contribution in [0.1, 0.15) is 19.4 Å². The summed E-state index contributed by atoms with van der Waals surface area (Å²) < 4.78 is 5.62. The molecule has 2 rings (SSSR count). The Kier molecular flexibility index (Phi) is 3.95. The molecule has 0 radical (unpaired) electrons. The summed E-state index contributed by atoms with van der Waals surface area (Å²) in [5, 5.41) is 0. The average molecular weight is 242 g/mol. The smallest absolute Gasteiger partial charge is 0.119 e. The quantitative estimate of drug-likeness (QED) is 0.896. The molecular formula is C15H18N2O. The lowest BCUT2D eigenvalue weighted by Gasteiger charge is -2.11. The normalized spacial score (nSPS) is 10.7. The fourth-order valence-electron chi connectivity index (χ4n) is 1.83. The summed E-state index contributed by atoms with van der Waals surface area (Å²) in [4.78, 5) is 4.39. The second kappa shape index (κ2) is 5.65. The zero-order valence-electron chi connectivity index (χ0n) is 10.8. The van der Waals surface area contributed by atoms with Crippen molar-refractivity contribution in [2.75, 3.05) is 0 Å². The predicted octanol–water partition coefficient (Wildman–Crippen LogP) is 2.99. The van der Waals surface area contributed by atoms with Gasteiger partial charge < -0.3 is 10.5 Å². The molecule has 1 aromatic heterocycles. The van der Waals surface area contributed by atoms with Crippen molar-refractivity contribution >= 4 is 0 Å². The van der Waals surface area contributed by atoms with Gasteiger partial charge in [-0.25, -0.2) is 0 Å². The standard InChI is InChI=1S/C15H18N2O/c1-11(2)18-14-7-5-12(6-8-14)15-13(10-16)4-3-9-17-15/h3-9,11H,10,16H2,1-2H3. The Hall–Kier alpha value is -1.87. The minimum Gasteiger partial charge on any atom is -0.491 e. The van der Waals surface area contributed by atoms with Crippen molar-refractivity contribution in [1.82, 2.24) is 4.98 Å².